The van der Waals surface area contributed by atoms with Crippen molar-refractivity contribution in [3.8, 4) is 11.5 Å². The van der Waals surface area contributed by atoms with Gasteiger partial charge in [0.2, 0.25) is 0 Å². The predicted molar refractivity (Wildman–Crippen MR) is 98.2 cm³/mol. The maximum absolute atomic E-state index is 12.2. The molecular weight excluding hydrogens is 379 g/mol. The van der Waals surface area contributed by atoms with Crippen LogP contribution < -0.4 is 9.47 Å². The van der Waals surface area contributed by atoms with E-state index in [9.17, 15) is 9.59 Å². The molecule has 0 saturated heterocycles. The van der Waals surface area contributed by atoms with E-state index in [1.54, 1.807) is 36.4 Å². The highest BCUT2D eigenvalue weighted by Gasteiger charge is 2.15. The summed E-state index contributed by atoms with van der Waals surface area (Å²) in [7, 11) is 0. The van der Waals surface area contributed by atoms with E-state index in [-0.39, 0.29) is 12.4 Å². The van der Waals surface area contributed by atoms with Crippen molar-refractivity contribution < 1.29 is 23.8 Å². The SMILES string of the molecule is O=C(/C=C/c1cccc(Cl)c1Cl)OCC(=O)c1ccc2c(c1)OCCO2. The van der Waals surface area contributed by atoms with Crippen LogP contribution in [0.5, 0.6) is 11.5 Å². The third-order valence-corrected chi connectivity index (χ3v) is 4.42. The Morgan fingerprint density at radius 2 is 1.85 bits per heavy atom. The number of halogens is 2. The van der Waals surface area contributed by atoms with E-state index >= 15 is 0 Å². The lowest BCUT2D eigenvalue weighted by Gasteiger charge is -2.18. The topological polar surface area (TPSA) is 61.8 Å². The molecule has 2 aromatic carbocycles. The van der Waals surface area contributed by atoms with Crippen molar-refractivity contribution >= 4 is 41.0 Å². The smallest absolute Gasteiger partial charge is 0.331 e. The van der Waals surface area contributed by atoms with Gasteiger partial charge in [-0.3, -0.25) is 4.79 Å². The van der Waals surface area contributed by atoms with E-state index in [2.05, 4.69) is 0 Å². The van der Waals surface area contributed by atoms with Gasteiger partial charge in [-0.05, 0) is 35.9 Å². The van der Waals surface area contributed by atoms with Gasteiger partial charge in [0.1, 0.15) is 13.2 Å². The van der Waals surface area contributed by atoms with Crippen LogP contribution in [0.4, 0.5) is 0 Å². The monoisotopic (exact) mass is 392 g/mol. The van der Waals surface area contributed by atoms with Crippen molar-refractivity contribution in [2.24, 2.45) is 0 Å². The molecule has 1 aliphatic heterocycles. The lowest BCUT2D eigenvalue weighted by atomic mass is 10.1. The first-order chi connectivity index (χ1) is 12.5. The Morgan fingerprint density at radius 1 is 1.08 bits per heavy atom. The number of Topliss-reactive ketones (excluding diaryl/α,β-unsaturated/α-hetero) is 1. The predicted octanol–water partition coefficient (Wildman–Crippen LogP) is 4.20. The molecule has 0 amide bonds. The van der Waals surface area contributed by atoms with Crippen LogP contribution in [0, 0.1) is 0 Å². The molecule has 0 aromatic heterocycles. The third kappa shape index (κ3) is 4.36. The fourth-order valence-electron chi connectivity index (χ4n) is 2.29. The van der Waals surface area contributed by atoms with Crippen molar-refractivity contribution in [3.05, 3.63) is 63.6 Å². The molecule has 0 fully saturated rings. The standard InChI is InChI=1S/C19H14Cl2O5/c20-14-3-1-2-12(19(14)21)5-7-18(23)26-11-15(22)13-4-6-16-17(10-13)25-9-8-24-16/h1-7,10H,8-9,11H2/b7-5+. The molecule has 0 bridgehead atoms. The Morgan fingerprint density at radius 3 is 2.65 bits per heavy atom. The first-order valence-electron chi connectivity index (χ1n) is 7.76. The van der Waals surface area contributed by atoms with E-state index in [4.69, 9.17) is 37.4 Å². The molecule has 1 aliphatic rings. The molecule has 0 spiro atoms. The molecule has 0 saturated carbocycles. The summed E-state index contributed by atoms with van der Waals surface area (Å²) in [5, 5.41) is 0.724. The number of carbonyl (C=O) groups excluding carboxylic acids is 2. The Hall–Kier alpha value is -2.50. The van der Waals surface area contributed by atoms with Gasteiger partial charge < -0.3 is 14.2 Å². The lowest BCUT2D eigenvalue weighted by molar-refractivity contribution is -0.136. The zero-order valence-corrected chi connectivity index (χ0v) is 15.0. The summed E-state index contributed by atoms with van der Waals surface area (Å²) in [4.78, 5) is 24.0. The van der Waals surface area contributed by atoms with Gasteiger partial charge in [0, 0.05) is 11.6 Å². The van der Waals surface area contributed by atoms with Gasteiger partial charge in [-0.15, -0.1) is 0 Å². The molecule has 0 aliphatic carbocycles. The van der Waals surface area contributed by atoms with Crippen LogP contribution in [0.1, 0.15) is 15.9 Å². The summed E-state index contributed by atoms with van der Waals surface area (Å²) >= 11 is 11.9. The molecule has 5 nitrogen and oxygen atoms in total. The summed E-state index contributed by atoms with van der Waals surface area (Å²) in [6, 6.07) is 9.90. The van der Waals surface area contributed by atoms with E-state index < -0.39 is 5.97 Å². The number of fused-ring (bicyclic) bond motifs is 1. The molecule has 0 unspecified atom stereocenters. The number of ketones is 1. The lowest BCUT2D eigenvalue weighted by Crippen LogP contribution is -2.17. The van der Waals surface area contributed by atoms with Gasteiger partial charge in [-0.25, -0.2) is 4.79 Å². The quantitative estimate of drug-likeness (QED) is 0.433. The maximum Gasteiger partial charge on any atom is 0.331 e. The molecule has 2 aromatic rings. The first-order valence-corrected chi connectivity index (χ1v) is 8.52. The number of hydrogen-bond donors (Lipinski definition) is 0. The molecule has 1 heterocycles. The second-order valence-corrected chi connectivity index (χ2v) is 6.15. The van der Waals surface area contributed by atoms with E-state index in [0.717, 1.165) is 0 Å². The fourth-order valence-corrected chi connectivity index (χ4v) is 2.66. The minimum Gasteiger partial charge on any atom is -0.486 e. The van der Waals surface area contributed by atoms with E-state index in [1.807, 2.05) is 0 Å². The minimum atomic E-state index is -0.660. The van der Waals surface area contributed by atoms with Crippen molar-refractivity contribution in [1.29, 1.82) is 0 Å². The minimum absolute atomic E-state index is 0.338. The van der Waals surface area contributed by atoms with Crippen molar-refractivity contribution in [3.63, 3.8) is 0 Å². The average Bonchev–Trinajstić information content (AvgIpc) is 2.66. The molecular formula is C19H14Cl2O5. The van der Waals surface area contributed by atoms with Gasteiger partial charge in [-0.1, -0.05) is 35.3 Å². The summed E-state index contributed by atoms with van der Waals surface area (Å²) in [5.41, 5.74) is 0.957. The van der Waals surface area contributed by atoms with Crippen LogP contribution in [-0.4, -0.2) is 31.6 Å². The highest BCUT2D eigenvalue weighted by atomic mass is 35.5. The Bertz CT molecular complexity index is 876. The van der Waals surface area contributed by atoms with Crippen molar-refractivity contribution in [2.75, 3.05) is 19.8 Å². The number of benzene rings is 2. The van der Waals surface area contributed by atoms with Crippen molar-refractivity contribution in [1.82, 2.24) is 0 Å². The highest BCUT2D eigenvalue weighted by Crippen LogP contribution is 2.31. The van der Waals surface area contributed by atoms with Crippen LogP contribution >= 0.6 is 23.2 Å². The normalized spacial score (nSPS) is 12.8. The van der Waals surface area contributed by atoms with Gasteiger partial charge in [0.15, 0.2) is 23.9 Å². The first kappa shape index (κ1) is 18.3. The van der Waals surface area contributed by atoms with Crippen LogP contribution in [0.2, 0.25) is 10.0 Å². The average molecular weight is 393 g/mol. The number of carbonyl (C=O) groups is 2. The Kier molecular flexibility index (Phi) is 5.81. The van der Waals surface area contributed by atoms with Gasteiger partial charge in [0.25, 0.3) is 0 Å². The number of esters is 1. The van der Waals surface area contributed by atoms with E-state index in [0.29, 0.717) is 45.9 Å². The molecule has 7 heteroatoms. The van der Waals surface area contributed by atoms with Gasteiger partial charge in [-0.2, -0.15) is 0 Å². The van der Waals surface area contributed by atoms with Crippen LogP contribution in [0.3, 0.4) is 0 Å². The molecule has 3 rings (SSSR count). The van der Waals surface area contributed by atoms with Crippen LogP contribution in [0.15, 0.2) is 42.5 Å². The van der Waals surface area contributed by atoms with E-state index in [1.165, 1.54) is 12.2 Å². The van der Waals surface area contributed by atoms with Gasteiger partial charge in [0.05, 0.1) is 10.0 Å². The molecule has 26 heavy (non-hydrogen) atoms. The zero-order chi connectivity index (χ0) is 18.5. The van der Waals surface area contributed by atoms with Crippen LogP contribution in [-0.2, 0) is 9.53 Å². The summed E-state index contributed by atoms with van der Waals surface area (Å²) < 4.78 is 15.8. The fraction of sp³-hybridized carbons (Fsp3) is 0.158. The Balaban J connectivity index is 1.58. The highest BCUT2D eigenvalue weighted by molar-refractivity contribution is 6.42. The largest absolute Gasteiger partial charge is 0.486 e. The van der Waals surface area contributed by atoms with Crippen LogP contribution in [0.25, 0.3) is 6.08 Å². The maximum atomic E-state index is 12.2. The number of hydrogen-bond acceptors (Lipinski definition) is 5. The molecule has 0 N–H and O–H groups in total. The third-order valence-electron chi connectivity index (χ3n) is 3.59. The zero-order valence-electron chi connectivity index (χ0n) is 13.5. The number of rotatable bonds is 5. The number of ether oxygens (including phenoxy) is 3. The molecule has 0 atom stereocenters. The second kappa shape index (κ2) is 8.25. The molecule has 134 valence electrons. The summed E-state index contributed by atoms with van der Waals surface area (Å²) in [6.07, 6.45) is 2.67. The summed E-state index contributed by atoms with van der Waals surface area (Å²) in [6.45, 7) is 0.517. The molecule has 0 radical (unpaired) electrons. The Labute approximate surface area is 160 Å². The van der Waals surface area contributed by atoms with Crippen molar-refractivity contribution in [2.45, 2.75) is 0 Å². The second-order valence-electron chi connectivity index (χ2n) is 5.37. The van der Waals surface area contributed by atoms with Gasteiger partial charge >= 0.3 is 5.97 Å². The summed E-state index contributed by atoms with van der Waals surface area (Å²) in [5.74, 6) is 0.0893.